The van der Waals surface area contributed by atoms with E-state index in [9.17, 15) is 22.4 Å². The third-order valence-electron chi connectivity index (χ3n) is 4.81. The fourth-order valence-electron chi connectivity index (χ4n) is 3.06. The first-order valence-electron chi connectivity index (χ1n) is 9.00. The molecule has 0 saturated carbocycles. The summed E-state index contributed by atoms with van der Waals surface area (Å²) in [6, 6.07) is 5.75. The largest absolute Gasteiger partial charge is 0.435 e. The number of oxime groups is 1. The van der Waals surface area contributed by atoms with Gasteiger partial charge in [0.05, 0.1) is 20.8 Å². The van der Waals surface area contributed by atoms with E-state index >= 15 is 0 Å². The number of benzene rings is 2. The fraction of sp³-hybridized carbons (Fsp3) is 0.300. The van der Waals surface area contributed by atoms with Gasteiger partial charge in [-0.3, -0.25) is 4.79 Å². The molecule has 1 amide bonds. The van der Waals surface area contributed by atoms with Crippen LogP contribution in [-0.4, -0.2) is 17.8 Å². The normalized spacial score (nSPS) is 18.5. The Kier molecular flexibility index (Phi) is 6.74. The highest BCUT2D eigenvalue weighted by Gasteiger charge is 2.62. The van der Waals surface area contributed by atoms with Crippen molar-refractivity contribution in [2.45, 2.75) is 38.1 Å². The quantitative estimate of drug-likeness (QED) is 0.384. The maximum atomic E-state index is 14.1. The number of nitrogens with zero attached hydrogens (tertiary/aromatic N) is 1. The standard InChI is InChI=1S/C20H15Cl3F4N2O2/c1-2-17(30)28-9-11-5-10(3-4-15(11)24)16-8-19(31-29-16,20(25,26)27)12-6-13(21)18(23)14(22)7-12/h3-7H,2,8-9H2,1H3,(H,28,30). The predicted octanol–water partition coefficient (Wildman–Crippen LogP) is 6.39. The first-order chi connectivity index (χ1) is 14.5. The molecule has 3 rings (SSSR count). The van der Waals surface area contributed by atoms with Gasteiger partial charge < -0.3 is 10.2 Å². The van der Waals surface area contributed by atoms with E-state index in [4.69, 9.17) is 39.6 Å². The van der Waals surface area contributed by atoms with Gasteiger partial charge >= 0.3 is 6.18 Å². The number of alkyl halides is 3. The van der Waals surface area contributed by atoms with Crippen molar-refractivity contribution in [2.24, 2.45) is 5.16 Å². The SMILES string of the molecule is CCC(=O)NCc1cc(C2=NOC(c3cc(Cl)c(Cl)c(Cl)c3)(C(F)(F)F)C2)ccc1F. The van der Waals surface area contributed by atoms with Crippen molar-refractivity contribution >= 4 is 46.4 Å². The van der Waals surface area contributed by atoms with Gasteiger partial charge in [0.25, 0.3) is 5.60 Å². The molecule has 2 aromatic carbocycles. The lowest BCUT2D eigenvalue weighted by atomic mass is 9.86. The summed E-state index contributed by atoms with van der Waals surface area (Å²) in [7, 11) is 0. The Morgan fingerprint density at radius 1 is 1.19 bits per heavy atom. The van der Waals surface area contributed by atoms with Crippen molar-refractivity contribution in [1.82, 2.24) is 5.32 Å². The van der Waals surface area contributed by atoms with Crippen LogP contribution in [-0.2, 0) is 21.8 Å². The second-order valence-electron chi connectivity index (χ2n) is 6.82. The molecule has 0 radical (unpaired) electrons. The molecule has 166 valence electrons. The van der Waals surface area contributed by atoms with Crippen LogP contribution in [0.1, 0.15) is 36.5 Å². The Balaban J connectivity index is 1.96. The number of halogens is 7. The lowest BCUT2D eigenvalue weighted by Gasteiger charge is -2.30. The highest BCUT2D eigenvalue weighted by molar-refractivity contribution is 6.48. The van der Waals surface area contributed by atoms with Gasteiger partial charge in [-0.25, -0.2) is 4.39 Å². The number of hydrogen-bond acceptors (Lipinski definition) is 3. The van der Waals surface area contributed by atoms with Crippen LogP contribution in [0.25, 0.3) is 0 Å². The topological polar surface area (TPSA) is 50.7 Å². The second-order valence-corrected chi connectivity index (χ2v) is 8.01. The van der Waals surface area contributed by atoms with Crippen LogP contribution in [0.5, 0.6) is 0 Å². The molecule has 0 saturated heterocycles. The van der Waals surface area contributed by atoms with E-state index in [-0.39, 0.29) is 56.3 Å². The first kappa shape index (κ1) is 23.6. The molecule has 0 aromatic heterocycles. The van der Waals surface area contributed by atoms with Gasteiger partial charge in [-0.1, -0.05) is 52.9 Å². The minimum atomic E-state index is -4.88. The summed E-state index contributed by atoms with van der Waals surface area (Å²) in [5.41, 5.74) is -2.94. The molecule has 0 bridgehead atoms. The highest BCUT2D eigenvalue weighted by atomic mass is 35.5. The van der Waals surface area contributed by atoms with Crippen LogP contribution in [0.4, 0.5) is 17.6 Å². The molecule has 1 aliphatic rings. The van der Waals surface area contributed by atoms with Crippen LogP contribution >= 0.6 is 34.8 Å². The van der Waals surface area contributed by atoms with Crippen molar-refractivity contribution in [3.63, 3.8) is 0 Å². The fourth-order valence-corrected chi connectivity index (χ4v) is 3.65. The maximum absolute atomic E-state index is 14.1. The number of carbonyl (C=O) groups is 1. The summed E-state index contributed by atoms with van der Waals surface area (Å²) >= 11 is 17.7. The molecular weight excluding hydrogens is 483 g/mol. The number of rotatable bonds is 5. The van der Waals surface area contributed by atoms with Crippen LogP contribution in [0.2, 0.25) is 15.1 Å². The minimum absolute atomic E-state index is 0.0532. The van der Waals surface area contributed by atoms with E-state index in [0.29, 0.717) is 0 Å². The number of nitrogens with one attached hydrogen (secondary N) is 1. The summed E-state index contributed by atoms with van der Waals surface area (Å²) < 4.78 is 56.5. The first-order valence-corrected chi connectivity index (χ1v) is 10.1. The summed E-state index contributed by atoms with van der Waals surface area (Å²) in [6.07, 6.45) is -5.37. The average molecular weight is 498 g/mol. The number of amides is 1. The Bertz CT molecular complexity index is 1040. The van der Waals surface area contributed by atoms with Crippen LogP contribution in [0, 0.1) is 5.82 Å². The van der Waals surface area contributed by atoms with Gasteiger partial charge in [0.15, 0.2) is 0 Å². The Hall–Kier alpha value is -2.03. The molecule has 1 heterocycles. The van der Waals surface area contributed by atoms with Crippen LogP contribution in [0.15, 0.2) is 35.5 Å². The van der Waals surface area contributed by atoms with Gasteiger partial charge in [0.1, 0.15) is 5.82 Å². The van der Waals surface area contributed by atoms with Crippen molar-refractivity contribution < 1.29 is 27.2 Å². The number of carbonyl (C=O) groups excluding carboxylic acids is 1. The summed E-state index contributed by atoms with van der Waals surface area (Å²) in [6.45, 7) is 1.52. The zero-order valence-corrected chi connectivity index (χ0v) is 18.2. The molecule has 31 heavy (non-hydrogen) atoms. The third kappa shape index (κ3) is 4.61. The van der Waals surface area contributed by atoms with Crippen LogP contribution < -0.4 is 5.32 Å². The highest BCUT2D eigenvalue weighted by Crippen LogP contribution is 2.50. The minimum Gasteiger partial charge on any atom is -0.374 e. The number of hydrogen-bond donors (Lipinski definition) is 1. The Morgan fingerprint density at radius 2 is 1.84 bits per heavy atom. The van der Waals surface area contributed by atoms with Gasteiger partial charge in [0.2, 0.25) is 5.91 Å². The molecule has 1 unspecified atom stereocenters. The molecule has 0 fully saturated rings. The lowest BCUT2D eigenvalue weighted by molar-refractivity contribution is -0.275. The lowest BCUT2D eigenvalue weighted by Crippen LogP contribution is -2.42. The van der Waals surface area contributed by atoms with Gasteiger partial charge in [-0.2, -0.15) is 13.2 Å². The van der Waals surface area contributed by atoms with Gasteiger partial charge in [-0.15, -0.1) is 0 Å². The Labute approximate surface area is 190 Å². The monoisotopic (exact) mass is 496 g/mol. The second kappa shape index (κ2) is 8.84. The van der Waals surface area contributed by atoms with Crippen LogP contribution in [0.3, 0.4) is 0 Å². The zero-order chi connectivity index (χ0) is 23.0. The predicted molar refractivity (Wildman–Crippen MR) is 110 cm³/mol. The molecule has 0 spiro atoms. The zero-order valence-electron chi connectivity index (χ0n) is 15.9. The van der Waals surface area contributed by atoms with Crippen molar-refractivity contribution in [3.8, 4) is 0 Å². The van der Waals surface area contributed by atoms with Crippen molar-refractivity contribution in [2.75, 3.05) is 0 Å². The van der Waals surface area contributed by atoms with E-state index in [1.54, 1.807) is 6.92 Å². The summed E-state index contributed by atoms with van der Waals surface area (Å²) in [5, 5.41) is 5.74. The van der Waals surface area contributed by atoms with E-state index in [1.807, 2.05) is 0 Å². The molecule has 11 heteroatoms. The van der Waals surface area contributed by atoms with E-state index in [2.05, 4.69) is 10.5 Å². The van der Waals surface area contributed by atoms with Gasteiger partial charge in [-0.05, 0) is 24.3 Å². The Morgan fingerprint density at radius 3 is 2.42 bits per heavy atom. The molecule has 4 nitrogen and oxygen atoms in total. The average Bonchev–Trinajstić information content (AvgIpc) is 3.17. The van der Waals surface area contributed by atoms with Crippen molar-refractivity contribution in [3.05, 3.63) is 67.9 Å². The summed E-state index contributed by atoms with van der Waals surface area (Å²) in [5.74, 6) is -0.906. The van der Waals surface area contributed by atoms with E-state index in [1.165, 1.54) is 12.1 Å². The molecule has 0 aliphatic carbocycles. The third-order valence-corrected chi connectivity index (χ3v) is 6.01. The van der Waals surface area contributed by atoms with Crippen molar-refractivity contribution in [1.29, 1.82) is 0 Å². The van der Waals surface area contributed by atoms with E-state index < -0.39 is 24.0 Å². The van der Waals surface area contributed by atoms with Gasteiger partial charge in [0, 0.05) is 36.1 Å². The molecule has 1 N–H and O–H groups in total. The smallest absolute Gasteiger partial charge is 0.374 e. The summed E-state index contributed by atoms with van der Waals surface area (Å²) in [4.78, 5) is 16.4. The van der Waals surface area contributed by atoms with E-state index in [0.717, 1.165) is 18.2 Å². The molecule has 1 aliphatic heterocycles. The molecular formula is C20H15Cl3F4N2O2. The maximum Gasteiger partial charge on any atom is 0.435 e. The molecule has 1 atom stereocenters. The molecule has 2 aromatic rings.